The van der Waals surface area contributed by atoms with Crippen LogP contribution in [0.4, 0.5) is 0 Å². The molecule has 0 spiro atoms. The first-order valence-corrected chi connectivity index (χ1v) is 9.63. The van der Waals surface area contributed by atoms with Gasteiger partial charge in [0.25, 0.3) is 11.6 Å². The minimum atomic E-state index is -0.908. The number of carboxylic acid groups (broad SMARTS) is 1. The topological polar surface area (TPSA) is 96.5 Å². The fourth-order valence-corrected chi connectivity index (χ4v) is 3.90. The summed E-state index contributed by atoms with van der Waals surface area (Å²) in [5, 5.41) is 14.4. The normalized spacial score (nSPS) is 23.2. The summed E-state index contributed by atoms with van der Waals surface area (Å²) in [4.78, 5) is 31.4. The zero-order valence-corrected chi connectivity index (χ0v) is 16.0. The highest BCUT2D eigenvalue weighted by molar-refractivity contribution is 6.06. The van der Waals surface area contributed by atoms with Crippen LogP contribution in [0.1, 0.15) is 80.0 Å². The van der Waals surface area contributed by atoms with Gasteiger partial charge in [0, 0.05) is 24.7 Å². The highest BCUT2D eigenvalue weighted by atomic mass is 16.5. The van der Waals surface area contributed by atoms with Crippen molar-refractivity contribution >= 4 is 23.0 Å². The number of aromatic nitrogens is 2. The molecular formula is C20H25N3O4. The number of carboxylic acids is 1. The summed E-state index contributed by atoms with van der Waals surface area (Å²) in [7, 11) is 0. The van der Waals surface area contributed by atoms with Gasteiger partial charge in [-0.15, -0.1) is 0 Å². The van der Waals surface area contributed by atoms with Crippen LogP contribution in [0, 0.1) is 5.41 Å². The number of carbonyl (C=O) groups excluding carboxylic acids is 1. The van der Waals surface area contributed by atoms with Crippen LogP contribution in [-0.2, 0) is 4.79 Å². The van der Waals surface area contributed by atoms with Gasteiger partial charge in [-0.3, -0.25) is 9.59 Å². The molecule has 1 atom stereocenters. The van der Waals surface area contributed by atoms with Crippen molar-refractivity contribution in [2.75, 3.05) is 13.1 Å². The second-order valence-corrected chi connectivity index (χ2v) is 8.47. The molecule has 4 rings (SSSR count). The largest absolute Gasteiger partial charge is 0.481 e. The second kappa shape index (κ2) is 6.32. The van der Waals surface area contributed by atoms with Crippen molar-refractivity contribution in [1.29, 1.82) is 0 Å². The van der Waals surface area contributed by atoms with E-state index in [1.54, 1.807) is 11.8 Å². The number of hydrogen-bond donors (Lipinski definition) is 1. The van der Waals surface area contributed by atoms with Crippen LogP contribution in [0.15, 0.2) is 10.6 Å². The number of rotatable bonds is 4. The van der Waals surface area contributed by atoms with Gasteiger partial charge in [0.1, 0.15) is 0 Å². The quantitative estimate of drug-likeness (QED) is 0.883. The Balaban J connectivity index is 1.78. The monoisotopic (exact) mass is 371 g/mol. The van der Waals surface area contributed by atoms with Crippen LogP contribution in [-0.4, -0.2) is 45.1 Å². The minimum Gasteiger partial charge on any atom is -0.481 e. The lowest BCUT2D eigenvalue weighted by Gasteiger charge is -2.37. The van der Waals surface area contributed by atoms with Gasteiger partial charge < -0.3 is 14.5 Å². The smallest absolute Gasteiger partial charge is 0.311 e. The number of piperidine rings is 1. The third-order valence-corrected chi connectivity index (χ3v) is 5.77. The van der Waals surface area contributed by atoms with Gasteiger partial charge in [0.2, 0.25) is 0 Å². The van der Waals surface area contributed by atoms with E-state index in [1.165, 1.54) is 0 Å². The first kappa shape index (κ1) is 17.9. The van der Waals surface area contributed by atoms with E-state index in [9.17, 15) is 14.7 Å². The Bertz CT molecular complexity index is 915. The maximum Gasteiger partial charge on any atom is 0.311 e. The van der Waals surface area contributed by atoms with E-state index in [0.717, 1.165) is 24.2 Å². The molecule has 1 unspecified atom stereocenters. The predicted molar refractivity (Wildman–Crippen MR) is 98.7 cm³/mol. The number of hydrogen-bond acceptors (Lipinski definition) is 5. The molecule has 1 amide bonds. The van der Waals surface area contributed by atoms with Crippen LogP contribution >= 0.6 is 0 Å². The van der Waals surface area contributed by atoms with Crippen LogP contribution < -0.4 is 0 Å². The summed E-state index contributed by atoms with van der Waals surface area (Å²) in [6.45, 7) is 6.50. The Morgan fingerprint density at radius 2 is 2.11 bits per heavy atom. The average Bonchev–Trinajstić information content (AvgIpc) is 3.39. The molecule has 2 aromatic rings. The van der Waals surface area contributed by atoms with Crippen molar-refractivity contribution in [3.8, 4) is 0 Å². The van der Waals surface area contributed by atoms with Crippen LogP contribution in [0.25, 0.3) is 11.1 Å². The molecule has 1 saturated heterocycles. The number of fused-ring (bicyclic) bond motifs is 1. The Labute approximate surface area is 157 Å². The standard InChI is InChI=1S/C20H25N3O4/c1-11(2)16-15-13(9-14(12-5-6-12)21-17(15)27-22-16)18(24)23-8-4-7-20(3,10-23)19(25)26/h9,11-12H,4-8,10H2,1-3H3,(H,25,26). The molecule has 1 saturated carbocycles. The van der Waals surface area contributed by atoms with Gasteiger partial charge in [-0.05, 0) is 44.6 Å². The first-order chi connectivity index (χ1) is 12.8. The molecule has 27 heavy (non-hydrogen) atoms. The molecule has 7 nitrogen and oxygen atoms in total. The lowest BCUT2D eigenvalue weighted by Crippen LogP contribution is -2.48. The molecule has 0 radical (unpaired) electrons. The van der Waals surface area contributed by atoms with E-state index in [-0.39, 0.29) is 18.4 Å². The number of pyridine rings is 1. The van der Waals surface area contributed by atoms with Gasteiger partial charge in [-0.2, -0.15) is 0 Å². The van der Waals surface area contributed by atoms with E-state index in [4.69, 9.17) is 4.52 Å². The second-order valence-electron chi connectivity index (χ2n) is 8.47. The van der Waals surface area contributed by atoms with Gasteiger partial charge >= 0.3 is 5.97 Å². The number of amides is 1. The fraction of sp³-hybridized carbons (Fsp3) is 0.600. The van der Waals surface area contributed by atoms with Crippen LogP contribution in [0.3, 0.4) is 0 Å². The third kappa shape index (κ3) is 3.09. The SMILES string of the molecule is CC(C)c1noc2nc(C3CC3)cc(C(=O)N3CCCC(C)(C(=O)O)C3)c12. The molecule has 2 aromatic heterocycles. The van der Waals surface area contributed by atoms with Crippen molar-refractivity contribution in [3.63, 3.8) is 0 Å². The average molecular weight is 371 g/mol. The predicted octanol–water partition coefficient (Wildman–Crippen LogP) is 3.55. The molecule has 2 fully saturated rings. The summed E-state index contributed by atoms with van der Waals surface area (Å²) >= 11 is 0. The van der Waals surface area contributed by atoms with E-state index < -0.39 is 11.4 Å². The Hall–Kier alpha value is -2.44. The third-order valence-electron chi connectivity index (χ3n) is 5.77. The molecule has 2 aliphatic rings. The van der Waals surface area contributed by atoms with E-state index in [0.29, 0.717) is 42.0 Å². The zero-order chi connectivity index (χ0) is 19.3. The minimum absolute atomic E-state index is 0.0945. The lowest BCUT2D eigenvalue weighted by molar-refractivity contribution is -0.150. The van der Waals surface area contributed by atoms with E-state index in [2.05, 4.69) is 10.1 Å². The Morgan fingerprint density at radius 3 is 2.74 bits per heavy atom. The Kier molecular flexibility index (Phi) is 4.20. The maximum atomic E-state index is 13.4. The Morgan fingerprint density at radius 1 is 1.37 bits per heavy atom. The van der Waals surface area contributed by atoms with Gasteiger partial charge in [-0.25, -0.2) is 4.98 Å². The molecule has 0 bridgehead atoms. The summed E-state index contributed by atoms with van der Waals surface area (Å²) in [6.07, 6.45) is 3.39. The van der Waals surface area contributed by atoms with Crippen molar-refractivity contribution in [3.05, 3.63) is 23.0 Å². The molecule has 7 heteroatoms. The highest BCUT2D eigenvalue weighted by Crippen LogP contribution is 2.41. The molecule has 1 aliphatic heterocycles. The summed E-state index contributed by atoms with van der Waals surface area (Å²) in [5.74, 6) is -0.538. The van der Waals surface area contributed by atoms with Crippen molar-refractivity contribution in [2.24, 2.45) is 5.41 Å². The van der Waals surface area contributed by atoms with Crippen molar-refractivity contribution in [2.45, 2.75) is 58.3 Å². The molecule has 144 valence electrons. The summed E-state index contributed by atoms with van der Waals surface area (Å²) in [5.41, 5.74) is 1.64. The number of nitrogens with zero attached hydrogens (tertiary/aromatic N) is 3. The summed E-state index contributed by atoms with van der Waals surface area (Å²) in [6, 6.07) is 1.87. The molecule has 1 N–H and O–H groups in total. The molecule has 1 aliphatic carbocycles. The number of aliphatic carboxylic acids is 1. The van der Waals surface area contributed by atoms with Gasteiger partial charge in [-0.1, -0.05) is 19.0 Å². The molecular weight excluding hydrogens is 346 g/mol. The summed E-state index contributed by atoms with van der Waals surface area (Å²) < 4.78 is 5.46. The fourth-order valence-electron chi connectivity index (χ4n) is 3.90. The zero-order valence-electron chi connectivity index (χ0n) is 16.0. The number of carbonyl (C=O) groups is 2. The van der Waals surface area contributed by atoms with Gasteiger partial charge in [0.15, 0.2) is 0 Å². The first-order valence-electron chi connectivity index (χ1n) is 9.63. The van der Waals surface area contributed by atoms with Crippen LogP contribution in [0.2, 0.25) is 0 Å². The molecule has 0 aromatic carbocycles. The maximum absolute atomic E-state index is 13.4. The number of likely N-dealkylation sites (tertiary alicyclic amines) is 1. The van der Waals surface area contributed by atoms with E-state index in [1.807, 2.05) is 19.9 Å². The molecule has 3 heterocycles. The van der Waals surface area contributed by atoms with Crippen molar-refractivity contribution in [1.82, 2.24) is 15.0 Å². The highest BCUT2D eigenvalue weighted by Gasteiger charge is 2.40. The van der Waals surface area contributed by atoms with Gasteiger partial charge in [0.05, 0.1) is 22.1 Å². The van der Waals surface area contributed by atoms with Crippen LogP contribution in [0.5, 0.6) is 0 Å². The van der Waals surface area contributed by atoms with E-state index >= 15 is 0 Å². The van der Waals surface area contributed by atoms with Crippen molar-refractivity contribution < 1.29 is 19.2 Å². The lowest BCUT2D eigenvalue weighted by atomic mass is 9.82.